The average Bonchev–Trinajstić information content (AvgIpc) is 3.83. The Morgan fingerprint density at radius 3 is 1.58 bits per heavy atom. The molecule has 0 saturated carbocycles. The minimum Gasteiger partial charge on any atom is -0.454 e. The van der Waals surface area contributed by atoms with Gasteiger partial charge in [0.2, 0.25) is 0 Å². The lowest BCUT2D eigenvalue weighted by Gasteiger charge is -2.34. The van der Waals surface area contributed by atoms with E-state index < -0.39 is 5.41 Å². The molecular weight excluding hydrogens is 691 g/mol. The van der Waals surface area contributed by atoms with Gasteiger partial charge in [-0.15, -0.1) is 0 Å². The highest BCUT2D eigenvalue weighted by Gasteiger charge is 2.47. The fraction of sp³-hybridized carbons (Fsp3) is 0.0182. The van der Waals surface area contributed by atoms with E-state index in [-0.39, 0.29) is 0 Å². The number of benzene rings is 9. The summed E-state index contributed by atoms with van der Waals surface area (Å²) in [6.07, 6.45) is 0. The summed E-state index contributed by atoms with van der Waals surface area (Å²) in [5, 5.41) is 2.21. The zero-order valence-corrected chi connectivity index (χ0v) is 31.2. The van der Waals surface area contributed by atoms with Gasteiger partial charge in [-0.3, -0.25) is 0 Å². The Hall–Kier alpha value is -7.42. The summed E-state index contributed by atoms with van der Waals surface area (Å²) in [5.74, 6) is 0. The van der Waals surface area contributed by atoms with Crippen LogP contribution in [0.25, 0.3) is 55.3 Å². The quantitative estimate of drug-likeness (QED) is 0.163. The van der Waals surface area contributed by atoms with E-state index in [0.29, 0.717) is 0 Å². The second-order valence-corrected chi connectivity index (χ2v) is 14.8. The van der Waals surface area contributed by atoms with Crippen molar-refractivity contribution in [2.75, 3.05) is 4.90 Å². The predicted octanol–water partition coefficient (Wildman–Crippen LogP) is 14.8. The Bertz CT molecular complexity index is 3040. The molecule has 0 fully saturated rings. The maximum Gasteiger partial charge on any atom is 0.159 e. The minimum atomic E-state index is -0.563. The van der Waals surface area contributed by atoms with Crippen LogP contribution in [0.15, 0.2) is 229 Å². The van der Waals surface area contributed by atoms with Gasteiger partial charge in [0.1, 0.15) is 5.58 Å². The van der Waals surface area contributed by atoms with Crippen molar-refractivity contribution in [2.24, 2.45) is 0 Å². The molecule has 0 bridgehead atoms. The number of anilines is 3. The highest BCUT2D eigenvalue weighted by molar-refractivity contribution is 6.11. The van der Waals surface area contributed by atoms with E-state index in [0.717, 1.165) is 39.0 Å². The van der Waals surface area contributed by atoms with E-state index in [1.165, 1.54) is 55.6 Å². The number of fused-ring (bicyclic) bond motifs is 6. The number of hydrogen-bond acceptors (Lipinski definition) is 2. The predicted molar refractivity (Wildman–Crippen MR) is 237 cm³/mol. The number of furan rings is 1. The van der Waals surface area contributed by atoms with Crippen LogP contribution in [0.2, 0.25) is 0 Å². The van der Waals surface area contributed by atoms with Crippen LogP contribution in [0.5, 0.6) is 0 Å². The second-order valence-electron chi connectivity index (χ2n) is 14.8. The lowest BCUT2D eigenvalue weighted by atomic mass is 9.67. The molecule has 0 spiro atoms. The van der Waals surface area contributed by atoms with Crippen molar-refractivity contribution in [3.63, 3.8) is 0 Å². The molecule has 2 nitrogen and oxygen atoms in total. The first-order valence-corrected chi connectivity index (χ1v) is 19.6. The molecule has 11 rings (SSSR count). The Balaban J connectivity index is 1.19. The van der Waals surface area contributed by atoms with Crippen LogP contribution in [-0.4, -0.2) is 0 Å². The Morgan fingerprint density at radius 1 is 0.351 bits per heavy atom. The van der Waals surface area contributed by atoms with Gasteiger partial charge >= 0.3 is 0 Å². The maximum absolute atomic E-state index is 6.78. The fourth-order valence-corrected chi connectivity index (χ4v) is 9.27. The van der Waals surface area contributed by atoms with Crippen LogP contribution in [-0.2, 0) is 5.41 Å². The van der Waals surface area contributed by atoms with Gasteiger partial charge in [-0.2, -0.15) is 0 Å². The topological polar surface area (TPSA) is 16.4 Å². The van der Waals surface area contributed by atoms with Gasteiger partial charge in [0, 0.05) is 22.0 Å². The Labute approximate surface area is 332 Å². The zero-order valence-electron chi connectivity index (χ0n) is 31.2. The van der Waals surface area contributed by atoms with Crippen molar-refractivity contribution in [1.82, 2.24) is 0 Å². The van der Waals surface area contributed by atoms with Crippen molar-refractivity contribution < 1.29 is 4.42 Å². The third-order valence-electron chi connectivity index (χ3n) is 11.8. The molecule has 0 radical (unpaired) electrons. The van der Waals surface area contributed by atoms with E-state index in [4.69, 9.17) is 4.42 Å². The van der Waals surface area contributed by atoms with Gasteiger partial charge in [-0.1, -0.05) is 194 Å². The molecule has 1 aliphatic rings. The molecule has 0 saturated heterocycles. The highest BCUT2D eigenvalue weighted by atomic mass is 16.3. The number of nitrogens with zero attached hydrogens (tertiary/aromatic N) is 1. The summed E-state index contributed by atoms with van der Waals surface area (Å²) in [5.41, 5.74) is 16.5. The second kappa shape index (κ2) is 13.4. The molecule has 0 N–H and O–H groups in total. The van der Waals surface area contributed by atoms with E-state index in [1.54, 1.807) is 0 Å². The van der Waals surface area contributed by atoms with Crippen LogP contribution >= 0.6 is 0 Å². The van der Waals surface area contributed by atoms with E-state index in [1.807, 2.05) is 6.07 Å². The van der Waals surface area contributed by atoms with Crippen molar-refractivity contribution in [1.29, 1.82) is 0 Å². The molecule has 10 aromatic rings. The van der Waals surface area contributed by atoms with Crippen molar-refractivity contribution >= 4 is 39.0 Å². The summed E-state index contributed by atoms with van der Waals surface area (Å²) in [6, 6.07) is 81.2. The molecule has 268 valence electrons. The lowest BCUT2D eigenvalue weighted by molar-refractivity contribution is 0.669. The van der Waals surface area contributed by atoms with Crippen molar-refractivity contribution in [3.8, 4) is 33.4 Å². The molecule has 9 aromatic carbocycles. The highest BCUT2D eigenvalue weighted by Crippen LogP contribution is 2.60. The molecule has 1 unspecified atom stereocenters. The molecule has 0 amide bonds. The molecular formula is C55H37NO. The molecule has 1 aromatic heterocycles. The number of hydrogen-bond donors (Lipinski definition) is 0. The largest absolute Gasteiger partial charge is 0.454 e. The van der Waals surface area contributed by atoms with Crippen LogP contribution < -0.4 is 4.90 Å². The number of rotatable bonds is 7. The first-order chi connectivity index (χ1) is 28.3. The first kappa shape index (κ1) is 33.0. The molecule has 1 aliphatic carbocycles. The smallest absolute Gasteiger partial charge is 0.159 e. The standard InChI is InChI=1S/C55H37NO/c1-4-16-38(17-5-1)40-30-34-43(35-31-40)55(42-20-8-3-9-21-42)48-25-12-10-23-47(48)53-49(55)26-15-27-50(53)56(44-36-32-41(33-37-44)39-18-6-2-7-19-39)51-28-14-24-46-45-22-11-13-29-52(45)57-54(46)51/h1-37H. The third-order valence-corrected chi connectivity index (χ3v) is 11.8. The Morgan fingerprint density at radius 2 is 0.860 bits per heavy atom. The van der Waals surface area contributed by atoms with Crippen LogP contribution in [0, 0.1) is 0 Å². The van der Waals surface area contributed by atoms with E-state index in [2.05, 4.69) is 223 Å². The molecule has 1 atom stereocenters. The lowest BCUT2D eigenvalue weighted by Crippen LogP contribution is -2.28. The Kier molecular flexibility index (Phi) is 7.75. The first-order valence-electron chi connectivity index (χ1n) is 19.6. The fourth-order valence-electron chi connectivity index (χ4n) is 9.27. The van der Waals surface area contributed by atoms with Crippen molar-refractivity contribution in [2.45, 2.75) is 5.41 Å². The summed E-state index contributed by atoms with van der Waals surface area (Å²) >= 11 is 0. The van der Waals surface area contributed by atoms with Gasteiger partial charge in [0.25, 0.3) is 0 Å². The van der Waals surface area contributed by atoms with Crippen LogP contribution in [0.4, 0.5) is 17.1 Å². The summed E-state index contributed by atoms with van der Waals surface area (Å²) in [7, 11) is 0. The summed E-state index contributed by atoms with van der Waals surface area (Å²) in [6.45, 7) is 0. The van der Waals surface area contributed by atoms with Crippen molar-refractivity contribution in [3.05, 3.63) is 247 Å². The summed E-state index contributed by atoms with van der Waals surface area (Å²) in [4.78, 5) is 2.41. The molecule has 2 heteroatoms. The molecule has 0 aliphatic heterocycles. The SMILES string of the molecule is c1ccc(-c2ccc(N(c3cccc4c3-c3ccccc3C4(c3ccccc3)c3ccc(-c4ccccc4)cc3)c3cccc4c3oc3ccccc34)cc2)cc1. The van der Waals surface area contributed by atoms with E-state index in [9.17, 15) is 0 Å². The third kappa shape index (κ3) is 5.18. The van der Waals surface area contributed by atoms with Gasteiger partial charge in [0.15, 0.2) is 5.58 Å². The normalized spacial score (nSPS) is 14.4. The van der Waals surface area contributed by atoms with E-state index >= 15 is 0 Å². The monoisotopic (exact) mass is 727 g/mol. The van der Waals surface area contributed by atoms with Crippen LogP contribution in [0.1, 0.15) is 22.3 Å². The average molecular weight is 728 g/mol. The number of para-hydroxylation sites is 2. The molecule has 1 heterocycles. The minimum absolute atomic E-state index is 0.563. The maximum atomic E-state index is 6.78. The van der Waals surface area contributed by atoms with Gasteiger partial charge in [-0.05, 0) is 80.4 Å². The molecule has 57 heavy (non-hydrogen) atoms. The summed E-state index contributed by atoms with van der Waals surface area (Å²) < 4.78 is 6.78. The van der Waals surface area contributed by atoms with Gasteiger partial charge < -0.3 is 9.32 Å². The van der Waals surface area contributed by atoms with Gasteiger partial charge in [-0.25, -0.2) is 0 Å². The van der Waals surface area contributed by atoms with Gasteiger partial charge in [0.05, 0.1) is 16.8 Å². The zero-order chi connectivity index (χ0) is 37.8. The van der Waals surface area contributed by atoms with Crippen LogP contribution in [0.3, 0.4) is 0 Å².